The maximum atomic E-state index is 12.7. The zero-order chi connectivity index (χ0) is 23.9. The number of fused-ring (bicyclic) bond motifs is 1. The monoisotopic (exact) mass is 485 g/mol. The van der Waals surface area contributed by atoms with Crippen LogP contribution in [0.2, 0.25) is 5.02 Å². The predicted octanol–water partition coefficient (Wildman–Crippen LogP) is 4.19. The molecule has 0 radical (unpaired) electrons. The second-order valence-corrected chi connectivity index (χ2v) is 10.9. The van der Waals surface area contributed by atoms with Gasteiger partial charge in [0.2, 0.25) is 5.91 Å². The number of aromatic nitrogens is 3. The molecule has 0 atom stereocenters. The van der Waals surface area contributed by atoms with E-state index in [4.69, 9.17) is 11.6 Å². The van der Waals surface area contributed by atoms with Crippen molar-refractivity contribution in [2.45, 2.75) is 52.0 Å². The third-order valence-corrected chi connectivity index (χ3v) is 7.40. The number of hydrogen-bond donors (Lipinski definition) is 2. The van der Waals surface area contributed by atoms with E-state index in [1.54, 1.807) is 4.90 Å². The van der Waals surface area contributed by atoms with Crippen molar-refractivity contribution >= 4 is 45.7 Å². The number of nitrogens with zero attached hydrogens (tertiary/aromatic N) is 3. The fraction of sp³-hybridized carbons (Fsp3) is 0.417. The lowest BCUT2D eigenvalue weighted by Crippen LogP contribution is -2.60. The van der Waals surface area contributed by atoms with E-state index < -0.39 is 0 Å². The van der Waals surface area contributed by atoms with Gasteiger partial charge in [0.25, 0.3) is 5.91 Å². The molecule has 2 N–H and O–H groups in total. The highest BCUT2D eigenvalue weighted by Gasteiger charge is 2.31. The number of benzene rings is 1. The number of aryl methyl sites for hydroxylation is 3. The number of thiazole rings is 1. The molecule has 33 heavy (non-hydrogen) atoms. The van der Waals surface area contributed by atoms with Crippen LogP contribution in [0, 0.1) is 6.92 Å². The van der Waals surface area contributed by atoms with Gasteiger partial charge in [-0.25, -0.2) is 4.98 Å². The molecular weight excluding hydrogens is 458 g/mol. The fourth-order valence-electron chi connectivity index (χ4n) is 3.98. The van der Waals surface area contributed by atoms with Crippen molar-refractivity contribution < 1.29 is 9.59 Å². The summed E-state index contributed by atoms with van der Waals surface area (Å²) in [6.07, 6.45) is 2.73. The number of H-pyrrole nitrogens is 1. The number of halogens is 1. The lowest BCUT2D eigenvalue weighted by atomic mass is 9.86. The quantitative estimate of drug-likeness (QED) is 0.512. The first-order chi connectivity index (χ1) is 15.6. The SMILES string of the molecule is C=CC(=O)N1CC(NC(=O)c2sc(CCc3[nH]nc4cc(Cl)c(C(C)(C)C)cc34)nc2C)C1. The summed E-state index contributed by atoms with van der Waals surface area (Å²) in [6.45, 7) is 12.8. The Kier molecular flexibility index (Phi) is 6.33. The minimum atomic E-state index is -0.136. The molecule has 1 saturated heterocycles. The highest BCUT2D eigenvalue weighted by Crippen LogP contribution is 2.34. The number of hydrogen-bond acceptors (Lipinski definition) is 5. The predicted molar refractivity (Wildman–Crippen MR) is 132 cm³/mol. The lowest BCUT2D eigenvalue weighted by molar-refractivity contribution is -0.130. The van der Waals surface area contributed by atoms with E-state index >= 15 is 0 Å². The lowest BCUT2D eigenvalue weighted by Gasteiger charge is -2.38. The van der Waals surface area contributed by atoms with Gasteiger partial charge in [-0.1, -0.05) is 39.0 Å². The van der Waals surface area contributed by atoms with Crippen LogP contribution >= 0.6 is 22.9 Å². The Hall–Kier alpha value is -2.71. The van der Waals surface area contributed by atoms with Gasteiger partial charge in [0.05, 0.1) is 22.3 Å². The molecule has 0 bridgehead atoms. The minimum Gasteiger partial charge on any atom is -0.345 e. The van der Waals surface area contributed by atoms with Crippen LogP contribution in [0.3, 0.4) is 0 Å². The smallest absolute Gasteiger partial charge is 0.263 e. The van der Waals surface area contributed by atoms with Crippen molar-refractivity contribution in [3.63, 3.8) is 0 Å². The van der Waals surface area contributed by atoms with Crippen molar-refractivity contribution in [2.75, 3.05) is 13.1 Å². The Morgan fingerprint density at radius 2 is 2.06 bits per heavy atom. The molecule has 0 aliphatic carbocycles. The molecular formula is C24H28ClN5O2S. The largest absolute Gasteiger partial charge is 0.345 e. The average Bonchev–Trinajstić information content (AvgIpc) is 3.29. The summed E-state index contributed by atoms with van der Waals surface area (Å²) in [7, 11) is 0. The van der Waals surface area contributed by atoms with Gasteiger partial charge < -0.3 is 10.2 Å². The third-order valence-electron chi connectivity index (χ3n) is 5.87. The van der Waals surface area contributed by atoms with E-state index in [-0.39, 0.29) is 23.3 Å². The molecule has 4 rings (SSSR count). The van der Waals surface area contributed by atoms with Crippen LogP contribution in [-0.2, 0) is 23.1 Å². The van der Waals surface area contributed by atoms with Gasteiger partial charge in [0.15, 0.2) is 0 Å². The maximum absolute atomic E-state index is 12.7. The molecule has 0 unspecified atom stereocenters. The van der Waals surface area contributed by atoms with E-state index in [0.717, 1.165) is 44.3 Å². The van der Waals surface area contributed by atoms with Crippen LogP contribution in [0.15, 0.2) is 24.8 Å². The van der Waals surface area contributed by atoms with Gasteiger partial charge in [-0.3, -0.25) is 14.7 Å². The Labute approximate surface area is 202 Å². The Morgan fingerprint density at radius 3 is 2.73 bits per heavy atom. The molecule has 1 aromatic carbocycles. The van der Waals surface area contributed by atoms with Crippen molar-refractivity contribution in [1.82, 2.24) is 25.4 Å². The first-order valence-electron chi connectivity index (χ1n) is 10.9. The highest BCUT2D eigenvalue weighted by molar-refractivity contribution is 7.13. The number of carbonyl (C=O) groups excluding carboxylic acids is 2. The second kappa shape index (κ2) is 8.91. The molecule has 1 fully saturated rings. The van der Waals surface area contributed by atoms with Gasteiger partial charge in [-0.15, -0.1) is 11.3 Å². The molecule has 2 aromatic heterocycles. The standard InChI is InChI=1S/C24H28ClN5O2S/c1-6-21(31)30-11-14(12-30)27-23(32)22-13(2)26-20(33-22)8-7-18-15-9-16(24(3,4)5)17(25)10-19(15)29-28-18/h6,9-10,14H,1,7-8,11-12H2,2-5H3,(H,27,32)(H,28,29). The van der Waals surface area contributed by atoms with Gasteiger partial charge >= 0.3 is 0 Å². The number of likely N-dealkylation sites (tertiary alicyclic amines) is 1. The van der Waals surface area contributed by atoms with Gasteiger partial charge in [0, 0.05) is 35.6 Å². The molecule has 1 aliphatic rings. The van der Waals surface area contributed by atoms with Crippen LogP contribution < -0.4 is 5.32 Å². The van der Waals surface area contributed by atoms with Crippen molar-refractivity contribution in [1.29, 1.82) is 0 Å². The summed E-state index contributed by atoms with van der Waals surface area (Å²) < 4.78 is 0. The minimum absolute atomic E-state index is 0.0356. The van der Waals surface area contributed by atoms with Crippen LogP contribution in [0.1, 0.15) is 52.4 Å². The molecule has 2 amide bonds. The number of carbonyl (C=O) groups is 2. The molecule has 174 valence electrons. The summed E-state index contributed by atoms with van der Waals surface area (Å²) in [5.41, 5.74) is 3.63. The highest BCUT2D eigenvalue weighted by atomic mass is 35.5. The van der Waals surface area contributed by atoms with Gasteiger partial charge in [-0.05, 0) is 42.5 Å². The van der Waals surface area contributed by atoms with E-state index in [1.807, 2.05) is 13.0 Å². The average molecular weight is 486 g/mol. The summed E-state index contributed by atoms with van der Waals surface area (Å²) in [4.78, 5) is 31.2. The van der Waals surface area contributed by atoms with Crippen molar-refractivity contribution in [3.8, 4) is 0 Å². The summed E-state index contributed by atoms with van der Waals surface area (Å²) >= 11 is 7.90. The van der Waals surface area contributed by atoms with E-state index in [9.17, 15) is 9.59 Å². The topological polar surface area (TPSA) is 91.0 Å². The normalized spacial score (nSPS) is 14.4. The Morgan fingerprint density at radius 1 is 1.33 bits per heavy atom. The van der Waals surface area contributed by atoms with Crippen molar-refractivity contribution in [3.05, 3.63) is 56.6 Å². The molecule has 3 heterocycles. The van der Waals surface area contributed by atoms with E-state index in [0.29, 0.717) is 24.4 Å². The first kappa shape index (κ1) is 23.4. The molecule has 0 saturated carbocycles. The molecule has 7 nitrogen and oxygen atoms in total. The second-order valence-electron chi connectivity index (χ2n) is 9.44. The Bertz CT molecular complexity index is 1230. The number of aromatic amines is 1. The van der Waals surface area contributed by atoms with Crippen LogP contribution in [0.25, 0.3) is 10.9 Å². The first-order valence-corrected chi connectivity index (χ1v) is 12.1. The van der Waals surface area contributed by atoms with E-state index in [1.165, 1.54) is 17.4 Å². The Balaban J connectivity index is 1.42. The molecule has 3 aromatic rings. The fourth-order valence-corrected chi connectivity index (χ4v) is 5.39. The third kappa shape index (κ3) is 4.82. The summed E-state index contributed by atoms with van der Waals surface area (Å²) in [5, 5.41) is 13.2. The van der Waals surface area contributed by atoms with Crippen molar-refractivity contribution in [2.24, 2.45) is 0 Å². The zero-order valence-electron chi connectivity index (χ0n) is 19.3. The summed E-state index contributed by atoms with van der Waals surface area (Å²) in [6, 6.07) is 4.01. The number of rotatable bonds is 6. The number of amides is 2. The molecule has 0 spiro atoms. The van der Waals surface area contributed by atoms with Gasteiger partial charge in [0.1, 0.15) is 4.88 Å². The van der Waals surface area contributed by atoms with Crippen LogP contribution in [0.5, 0.6) is 0 Å². The zero-order valence-corrected chi connectivity index (χ0v) is 20.9. The van der Waals surface area contributed by atoms with Gasteiger partial charge in [-0.2, -0.15) is 5.10 Å². The van der Waals surface area contributed by atoms with Crippen LogP contribution in [0.4, 0.5) is 0 Å². The van der Waals surface area contributed by atoms with E-state index in [2.05, 4.69) is 53.9 Å². The number of nitrogens with one attached hydrogen (secondary N) is 2. The maximum Gasteiger partial charge on any atom is 0.263 e. The molecule has 1 aliphatic heterocycles. The summed E-state index contributed by atoms with van der Waals surface area (Å²) in [5.74, 6) is -0.247. The molecule has 9 heteroatoms. The van der Waals surface area contributed by atoms with Crippen LogP contribution in [-0.4, -0.2) is 51.0 Å².